The first-order chi connectivity index (χ1) is 29.5. The molecule has 0 aromatic rings. The first-order valence-electron chi connectivity index (χ1n) is 25.3. The zero-order valence-electron chi connectivity index (χ0n) is 39.5. The lowest BCUT2D eigenvalue weighted by atomic mass is 10.0. The molecule has 0 aromatic heterocycles. The highest BCUT2D eigenvalue weighted by atomic mass is 16.6. The number of ether oxygens (including phenoxy) is 3. The van der Waals surface area contributed by atoms with Gasteiger partial charge in [0.05, 0.1) is 0 Å². The molecule has 1 unspecified atom stereocenters. The average molecular weight is 839 g/mol. The van der Waals surface area contributed by atoms with Crippen LogP contribution in [0.1, 0.15) is 245 Å². The highest BCUT2D eigenvalue weighted by Gasteiger charge is 2.19. The molecule has 0 amide bonds. The van der Waals surface area contributed by atoms with E-state index in [1.165, 1.54) is 122 Å². The molecular weight excluding hydrogens is 745 g/mol. The quantitative estimate of drug-likeness (QED) is 0.0200. The Balaban J connectivity index is 4.42. The third kappa shape index (κ3) is 46.2. The van der Waals surface area contributed by atoms with E-state index in [-0.39, 0.29) is 37.5 Å². The minimum atomic E-state index is -0.797. The summed E-state index contributed by atoms with van der Waals surface area (Å²) in [4.78, 5) is 37.9. The molecule has 0 saturated heterocycles. The van der Waals surface area contributed by atoms with Crippen molar-refractivity contribution in [1.29, 1.82) is 0 Å². The van der Waals surface area contributed by atoms with Crippen LogP contribution in [0.25, 0.3) is 0 Å². The summed E-state index contributed by atoms with van der Waals surface area (Å²) in [6, 6.07) is 0. The van der Waals surface area contributed by atoms with Crippen molar-refractivity contribution in [1.82, 2.24) is 0 Å². The van der Waals surface area contributed by atoms with Gasteiger partial charge < -0.3 is 14.2 Å². The van der Waals surface area contributed by atoms with Crippen molar-refractivity contribution in [2.75, 3.05) is 13.2 Å². The molecule has 0 heterocycles. The van der Waals surface area contributed by atoms with E-state index in [0.29, 0.717) is 12.8 Å². The van der Waals surface area contributed by atoms with Crippen molar-refractivity contribution < 1.29 is 28.6 Å². The topological polar surface area (TPSA) is 78.9 Å². The lowest BCUT2D eigenvalue weighted by Gasteiger charge is -2.18. The molecule has 60 heavy (non-hydrogen) atoms. The van der Waals surface area contributed by atoms with Gasteiger partial charge in [-0.3, -0.25) is 14.4 Å². The molecule has 0 N–H and O–H groups in total. The highest BCUT2D eigenvalue weighted by Crippen LogP contribution is 2.15. The second-order valence-corrected chi connectivity index (χ2v) is 16.8. The molecule has 0 fully saturated rings. The normalized spacial score (nSPS) is 12.5. The monoisotopic (exact) mass is 839 g/mol. The minimum absolute atomic E-state index is 0.0931. The van der Waals surface area contributed by atoms with Crippen LogP contribution in [0.3, 0.4) is 0 Å². The van der Waals surface area contributed by atoms with Gasteiger partial charge in [0.25, 0.3) is 0 Å². The summed E-state index contributed by atoms with van der Waals surface area (Å²) in [6.45, 7) is 6.45. The van der Waals surface area contributed by atoms with E-state index < -0.39 is 6.10 Å². The first-order valence-corrected chi connectivity index (χ1v) is 25.3. The molecule has 1 atom stereocenters. The number of esters is 3. The van der Waals surface area contributed by atoms with Crippen LogP contribution in [0.4, 0.5) is 0 Å². The van der Waals surface area contributed by atoms with Gasteiger partial charge in [-0.15, -0.1) is 0 Å². The standard InChI is InChI=1S/C54H94O6/c1-4-7-10-13-16-19-22-25-26-27-30-32-35-38-41-44-47-53(56)59-50-51(60-54(57)48-45-42-39-36-33-29-24-21-18-15-12-9-6-3)49-58-52(55)46-43-40-37-34-31-28-23-20-17-14-11-8-5-2/h9,12,15,18,21,24,28-29,31,33,51H,4-8,10-11,13-14,16-17,19-20,22-23,25-27,30,32,34-50H2,1-3H3/b12-9-,18-15-,24-21-,31-28-,33-29-. The van der Waals surface area contributed by atoms with Crippen LogP contribution in [-0.4, -0.2) is 37.2 Å². The Labute approximate surface area is 370 Å². The Morgan fingerprint density at radius 1 is 0.350 bits per heavy atom. The van der Waals surface area contributed by atoms with Crippen LogP contribution in [0.15, 0.2) is 60.8 Å². The summed E-state index contributed by atoms with van der Waals surface area (Å²) in [5.74, 6) is -0.945. The Morgan fingerprint density at radius 3 is 1.08 bits per heavy atom. The number of hydrogen-bond donors (Lipinski definition) is 0. The van der Waals surface area contributed by atoms with Gasteiger partial charge in [-0.2, -0.15) is 0 Å². The largest absolute Gasteiger partial charge is 0.462 e. The number of carbonyl (C=O) groups is 3. The number of carbonyl (C=O) groups excluding carboxylic acids is 3. The van der Waals surface area contributed by atoms with Gasteiger partial charge >= 0.3 is 17.9 Å². The molecule has 346 valence electrons. The van der Waals surface area contributed by atoms with E-state index in [4.69, 9.17) is 14.2 Å². The molecule has 0 aromatic carbocycles. The fourth-order valence-electron chi connectivity index (χ4n) is 7.04. The van der Waals surface area contributed by atoms with Crippen molar-refractivity contribution in [2.24, 2.45) is 0 Å². The Hall–Kier alpha value is -2.89. The zero-order valence-corrected chi connectivity index (χ0v) is 39.5. The molecule has 6 nitrogen and oxygen atoms in total. The van der Waals surface area contributed by atoms with Gasteiger partial charge in [0, 0.05) is 19.3 Å². The van der Waals surface area contributed by atoms with Crippen LogP contribution in [0, 0.1) is 0 Å². The smallest absolute Gasteiger partial charge is 0.306 e. The summed E-state index contributed by atoms with van der Waals surface area (Å²) in [5, 5.41) is 0. The van der Waals surface area contributed by atoms with E-state index in [9.17, 15) is 14.4 Å². The van der Waals surface area contributed by atoms with E-state index in [0.717, 1.165) is 83.5 Å². The van der Waals surface area contributed by atoms with E-state index in [1.54, 1.807) is 0 Å². The van der Waals surface area contributed by atoms with Crippen LogP contribution in [-0.2, 0) is 28.6 Å². The van der Waals surface area contributed by atoms with Gasteiger partial charge in [0.2, 0.25) is 0 Å². The summed E-state index contributed by atoms with van der Waals surface area (Å²) in [6.07, 6.45) is 59.2. The average Bonchev–Trinajstić information content (AvgIpc) is 3.24. The highest BCUT2D eigenvalue weighted by molar-refractivity contribution is 5.71. The van der Waals surface area contributed by atoms with Crippen molar-refractivity contribution >= 4 is 17.9 Å². The van der Waals surface area contributed by atoms with Crippen molar-refractivity contribution in [3.63, 3.8) is 0 Å². The lowest BCUT2D eigenvalue weighted by Crippen LogP contribution is -2.30. The first kappa shape index (κ1) is 57.1. The SMILES string of the molecule is CC\C=C/C=C\C=C/C=C\CCCCCC(=O)OC(COC(=O)CCCCC/C=C\CCCCCCCC)COC(=O)CCCCCCCCCCCCCCCCCC. The fourth-order valence-corrected chi connectivity index (χ4v) is 7.04. The summed E-state index contributed by atoms with van der Waals surface area (Å²) in [5.41, 5.74) is 0. The molecule has 0 aliphatic carbocycles. The Morgan fingerprint density at radius 2 is 0.667 bits per heavy atom. The maximum absolute atomic E-state index is 12.7. The minimum Gasteiger partial charge on any atom is -0.462 e. The Bertz CT molecular complexity index is 1100. The molecule has 6 heteroatoms. The van der Waals surface area contributed by atoms with Gasteiger partial charge in [0.15, 0.2) is 6.10 Å². The van der Waals surface area contributed by atoms with Crippen LogP contribution in [0.5, 0.6) is 0 Å². The van der Waals surface area contributed by atoms with Crippen LogP contribution >= 0.6 is 0 Å². The number of unbranched alkanes of at least 4 members (excludes halogenated alkanes) is 27. The molecule has 0 aliphatic heterocycles. The second-order valence-electron chi connectivity index (χ2n) is 16.8. The lowest BCUT2D eigenvalue weighted by molar-refractivity contribution is -0.167. The number of hydrogen-bond acceptors (Lipinski definition) is 6. The van der Waals surface area contributed by atoms with Crippen LogP contribution < -0.4 is 0 Å². The maximum atomic E-state index is 12.7. The molecule has 0 aliphatic rings. The predicted molar refractivity (Wildman–Crippen MR) is 256 cm³/mol. The summed E-state index contributed by atoms with van der Waals surface area (Å²) >= 11 is 0. The van der Waals surface area contributed by atoms with Crippen LogP contribution in [0.2, 0.25) is 0 Å². The molecule has 0 saturated carbocycles. The maximum Gasteiger partial charge on any atom is 0.306 e. The molecular formula is C54H94O6. The predicted octanol–water partition coefficient (Wildman–Crippen LogP) is 16.5. The van der Waals surface area contributed by atoms with Gasteiger partial charge in [0.1, 0.15) is 13.2 Å². The van der Waals surface area contributed by atoms with Gasteiger partial charge in [-0.1, -0.05) is 223 Å². The van der Waals surface area contributed by atoms with E-state index in [2.05, 4.69) is 45.1 Å². The third-order valence-corrected chi connectivity index (χ3v) is 10.9. The van der Waals surface area contributed by atoms with Crippen molar-refractivity contribution in [3.8, 4) is 0 Å². The molecule has 0 spiro atoms. The van der Waals surface area contributed by atoms with E-state index in [1.807, 2.05) is 36.5 Å². The Kier molecular flexibility index (Phi) is 46.4. The van der Waals surface area contributed by atoms with Gasteiger partial charge in [-0.25, -0.2) is 0 Å². The van der Waals surface area contributed by atoms with E-state index >= 15 is 0 Å². The summed E-state index contributed by atoms with van der Waals surface area (Å²) in [7, 11) is 0. The third-order valence-electron chi connectivity index (χ3n) is 10.9. The molecule has 0 bridgehead atoms. The van der Waals surface area contributed by atoms with Gasteiger partial charge in [-0.05, 0) is 64.2 Å². The van der Waals surface area contributed by atoms with Crippen molar-refractivity contribution in [2.45, 2.75) is 252 Å². The summed E-state index contributed by atoms with van der Waals surface area (Å²) < 4.78 is 16.7. The second kappa shape index (κ2) is 48.8. The number of allylic oxidation sites excluding steroid dienone is 10. The fraction of sp³-hybridized carbons (Fsp3) is 0.759. The number of rotatable bonds is 45. The zero-order chi connectivity index (χ0) is 43.7. The van der Waals surface area contributed by atoms with Crippen molar-refractivity contribution in [3.05, 3.63) is 60.8 Å². The molecule has 0 radical (unpaired) electrons. The molecule has 0 rings (SSSR count).